The maximum Gasteiger partial charge on any atom is 0.0331 e. The van der Waals surface area contributed by atoms with E-state index in [0.717, 1.165) is 0 Å². The molecule has 1 aliphatic rings. The largest absolute Gasteiger partial charge is 0.303 e. The predicted octanol–water partition coefficient (Wildman–Crippen LogP) is 5.05. The van der Waals surface area contributed by atoms with Crippen LogP contribution in [0.1, 0.15) is 55.5 Å². The number of benzene rings is 2. The summed E-state index contributed by atoms with van der Waals surface area (Å²) in [6.07, 6.45) is 3.61. The zero-order valence-corrected chi connectivity index (χ0v) is 13.0. The van der Waals surface area contributed by atoms with Gasteiger partial charge in [0.15, 0.2) is 0 Å². The lowest BCUT2D eigenvalue weighted by atomic mass is 9.95. The zero-order chi connectivity index (χ0) is 14.7. The predicted molar refractivity (Wildman–Crippen MR) is 89.3 cm³/mol. The molecule has 3 rings (SSSR count). The van der Waals surface area contributed by atoms with Gasteiger partial charge in [0.1, 0.15) is 0 Å². The standard InChI is InChI=1S/C20H25N/c1-15(2)14-20(17-9-4-3-5-10-17)21-19-13-12-16-8-6-7-11-18(16)19/h3-11,15,19-21H,12-14H2,1-2H3. The van der Waals surface area contributed by atoms with Gasteiger partial charge in [-0.05, 0) is 41.9 Å². The van der Waals surface area contributed by atoms with Gasteiger partial charge in [0.05, 0.1) is 0 Å². The van der Waals surface area contributed by atoms with E-state index in [1.807, 2.05) is 0 Å². The summed E-state index contributed by atoms with van der Waals surface area (Å²) >= 11 is 0. The third kappa shape index (κ3) is 3.36. The monoisotopic (exact) mass is 279 g/mol. The summed E-state index contributed by atoms with van der Waals surface area (Å²) in [6, 6.07) is 20.7. The van der Waals surface area contributed by atoms with Crippen LogP contribution < -0.4 is 5.32 Å². The summed E-state index contributed by atoms with van der Waals surface area (Å²) in [6.45, 7) is 4.61. The molecule has 2 atom stereocenters. The van der Waals surface area contributed by atoms with E-state index < -0.39 is 0 Å². The van der Waals surface area contributed by atoms with Gasteiger partial charge in [-0.2, -0.15) is 0 Å². The van der Waals surface area contributed by atoms with Gasteiger partial charge in [0.2, 0.25) is 0 Å². The number of rotatable bonds is 5. The van der Waals surface area contributed by atoms with Crippen molar-refractivity contribution in [2.24, 2.45) is 5.92 Å². The van der Waals surface area contributed by atoms with E-state index in [1.54, 1.807) is 0 Å². The van der Waals surface area contributed by atoms with Crippen molar-refractivity contribution in [2.75, 3.05) is 0 Å². The van der Waals surface area contributed by atoms with Gasteiger partial charge in [0, 0.05) is 12.1 Å². The van der Waals surface area contributed by atoms with E-state index in [1.165, 1.54) is 36.0 Å². The van der Waals surface area contributed by atoms with Crippen LogP contribution in [-0.2, 0) is 6.42 Å². The summed E-state index contributed by atoms with van der Waals surface area (Å²) < 4.78 is 0. The van der Waals surface area contributed by atoms with Crippen molar-refractivity contribution in [2.45, 2.75) is 45.2 Å². The fourth-order valence-corrected chi connectivity index (χ4v) is 3.43. The van der Waals surface area contributed by atoms with Crippen molar-refractivity contribution in [3.63, 3.8) is 0 Å². The second kappa shape index (κ2) is 6.44. The fourth-order valence-electron chi connectivity index (χ4n) is 3.43. The Balaban J connectivity index is 1.80. The van der Waals surface area contributed by atoms with E-state index in [4.69, 9.17) is 0 Å². The van der Waals surface area contributed by atoms with Gasteiger partial charge in [0.25, 0.3) is 0 Å². The Labute approximate surface area is 128 Å². The van der Waals surface area contributed by atoms with Crippen LogP contribution in [0.25, 0.3) is 0 Å². The molecule has 0 radical (unpaired) electrons. The first kappa shape index (κ1) is 14.3. The molecule has 0 saturated carbocycles. The van der Waals surface area contributed by atoms with Gasteiger partial charge < -0.3 is 5.32 Å². The molecule has 0 saturated heterocycles. The van der Waals surface area contributed by atoms with Crippen LogP contribution >= 0.6 is 0 Å². The molecule has 0 aromatic heterocycles. The first-order valence-electron chi connectivity index (χ1n) is 8.13. The molecule has 110 valence electrons. The Bertz CT molecular complexity index is 573. The molecule has 1 heteroatoms. The van der Waals surface area contributed by atoms with Crippen LogP contribution in [0.15, 0.2) is 54.6 Å². The summed E-state index contributed by atoms with van der Waals surface area (Å²) in [5.74, 6) is 0.694. The SMILES string of the molecule is CC(C)CC(NC1CCc2ccccc21)c1ccccc1. The molecule has 1 aliphatic carbocycles. The van der Waals surface area contributed by atoms with Crippen LogP contribution in [0.4, 0.5) is 0 Å². The minimum absolute atomic E-state index is 0.447. The van der Waals surface area contributed by atoms with Crippen molar-refractivity contribution in [1.29, 1.82) is 0 Å². The molecule has 0 spiro atoms. The van der Waals surface area contributed by atoms with Crippen molar-refractivity contribution in [3.05, 3.63) is 71.3 Å². The molecule has 1 nitrogen and oxygen atoms in total. The number of fused-ring (bicyclic) bond motifs is 1. The average Bonchev–Trinajstić information content (AvgIpc) is 2.90. The van der Waals surface area contributed by atoms with Crippen molar-refractivity contribution in [3.8, 4) is 0 Å². The van der Waals surface area contributed by atoms with Gasteiger partial charge >= 0.3 is 0 Å². The Kier molecular flexibility index (Phi) is 4.40. The van der Waals surface area contributed by atoms with Crippen molar-refractivity contribution < 1.29 is 0 Å². The first-order chi connectivity index (χ1) is 10.2. The molecule has 0 aliphatic heterocycles. The summed E-state index contributed by atoms with van der Waals surface area (Å²) in [7, 11) is 0. The van der Waals surface area contributed by atoms with E-state index in [-0.39, 0.29) is 0 Å². The topological polar surface area (TPSA) is 12.0 Å². The summed E-state index contributed by atoms with van der Waals surface area (Å²) in [5.41, 5.74) is 4.43. The maximum absolute atomic E-state index is 3.92. The lowest BCUT2D eigenvalue weighted by Gasteiger charge is -2.26. The zero-order valence-electron chi connectivity index (χ0n) is 13.0. The molecule has 0 fully saturated rings. The Hall–Kier alpha value is -1.60. The Morgan fingerprint density at radius 2 is 1.71 bits per heavy atom. The highest BCUT2D eigenvalue weighted by molar-refractivity contribution is 5.34. The molecule has 2 unspecified atom stereocenters. The van der Waals surface area contributed by atoms with Crippen LogP contribution in [0.2, 0.25) is 0 Å². The number of hydrogen-bond donors (Lipinski definition) is 1. The van der Waals surface area contributed by atoms with Crippen molar-refractivity contribution >= 4 is 0 Å². The van der Waals surface area contributed by atoms with Gasteiger partial charge in [-0.1, -0.05) is 68.4 Å². The van der Waals surface area contributed by atoms with Crippen LogP contribution in [0, 0.1) is 5.92 Å². The van der Waals surface area contributed by atoms with Gasteiger partial charge in [-0.3, -0.25) is 0 Å². The third-order valence-electron chi connectivity index (χ3n) is 4.44. The molecular formula is C20H25N. The van der Waals surface area contributed by atoms with E-state index >= 15 is 0 Å². The summed E-state index contributed by atoms with van der Waals surface area (Å²) in [5, 5.41) is 3.92. The van der Waals surface area contributed by atoms with Gasteiger partial charge in [-0.15, -0.1) is 0 Å². The minimum atomic E-state index is 0.447. The Morgan fingerprint density at radius 3 is 2.48 bits per heavy atom. The molecule has 1 N–H and O–H groups in total. The lowest BCUT2D eigenvalue weighted by Crippen LogP contribution is -2.26. The highest BCUT2D eigenvalue weighted by Crippen LogP contribution is 2.34. The van der Waals surface area contributed by atoms with Crippen LogP contribution in [0.3, 0.4) is 0 Å². The smallest absolute Gasteiger partial charge is 0.0331 e. The molecule has 0 heterocycles. The van der Waals surface area contributed by atoms with Crippen LogP contribution in [-0.4, -0.2) is 0 Å². The second-order valence-corrected chi connectivity index (χ2v) is 6.55. The van der Waals surface area contributed by atoms with Crippen molar-refractivity contribution in [1.82, 2.24) is 5.32 Å². The second-order valence-electron chi connectivity index (χ2n) is 6.55. The Morgan fingerprint density at radius 1 is 1.00 bits per heavy atom. The van der Waals surface area contributed by atoms with Gasteiger partial charge in [-0.25, -0.2) is 0 Å². The van der Waals surface area contributed by atoms with E-state index in [2.05, 4.69) is 73.8 Å². The highest BCUT2D eigenvalue weighted by atomic mass is 15.0. The molecular weight excluding hydrogens is 254 g/mol. The molecule has 2 aromatic carbocycles. The number of aryl methyl sites for hydroxylation is 1. The fraction of sp³-hybridized carbons (Fsp3) is 0.400. The molecule has 2 aromatic rings. The molecule has 21 heavy (non-hydrogen) atoms. The first-order valence-corrected chi connectivity index (χ1v) is 8.13. The summed E-state index contributed by atoms with van der Waals surface area (Å²) in [4.78, 5) is 0. The average molecular weight is 279 g/mol. The third-order valence-corrected chi connectivity index (χ3v) is 4.44. The number of nitrogens with one attached hydrogen (secondary N) is 1. The minimum Gasteiger partial charge on any atom is -0.303 e. The highest BCUT2D eigenvalue weighted by Gasteiger charge is 2.25. The maximum atomic E-state index is 3.92. The molecule has 0 amide bonds. The quantitative estimate of drug-likeness (QED) is 0.807. The van der Waals surface area contributed by atoms with E-state index in [0.29, 0.717) is 18.0 Å². The normalized spacial score (nSPS) is 18.7. The molecule has 0 bridgehead atoms. The van der Waals surface area contributed by atoms with E-state index in [9.17, 15) is 0 Å². The van der Waals surface area contributed by atoms with Crippen LogP contribution in [0.5, 0.6) is 0 Å². The lowest BCUT2D eigenvalue weighted by molar-refractivity contribution is 0.381. The number of hydrogen-bond acceptors (Lipinski definition) is 1.